The van der Waals surface area contributed by atoms with E-state index in [9.17, 15) is 9.59 Å². The average molecular weight is 250 g/mol. The van der Waals surface area contributed by atoms with Gasteiger partial charge in [-0.05, 0) is 30.5 Å². The van der Waals surface area contributed by atoms with Crippen LogP contribution in [0.3, 0.4) is 0 Å². The number of carboxylic acids is 1. The molecule has 1 atom stereocenters. The SMILES string of the molecule is CCc1ccc(NC(=O)N[C@H](CC)C(=O)O)cc1. The molecule has 0 aromatic heterocycles. The van der Waals surface area contributed by atoms with Gasteiger partial charge in [-0.25, -0.2) is 9.59 Å². The molecule has 0 aliphatic heterocycles. The van der Waals surface area contributed by atoms with Crippen molar-refractivity contribution in [1.82, 2.24) is 5.32 Å². The molecular formula is C13H18N2O3. The number of urea groups is 1. The molecule has 0 heterocycles. The lowest BCUT2D eigenvalue weighted by Gasteiger charge is -2.13. The fourth-order valence-electron chi connectivity index (χ4n) is 1.49. The van der Waals surface area contributed by atoms with E-state index < -0.39 is 18.0 Å². The second-order valence-electron chi connectivity index (χ2n) is 3.95. The van der Waals surface area contributed by atoms with Crippen molar-refractivity contribution >= 4 is 17.7 Å². The smallest absolute Gasteiger partial charge is 0.326 e. The number of benzene rings is 1. The molecule has 0 unspecified atom stereocenters. The van der Waals surface area contributed by atoms with Crippen molar-refractivity contribution in [2.45, 2.75) is 32.7 Å². The second kappa shape index (κ2) is 6.64. The van der Waals surface area contributed by atoms with Crippen LogP contribution in [0.1, 0.15) is 25.8 Å². The van der Waals surface area contributed by atoms with Crippen LogP contribution in [0.25, 0.3) is 0 Å². The molecule has 0 bridgehead atoms. The van der Waals surface area contributed by atoms with Crippen molar-refractivity contribution < 1.29 is 14.7 Å². The first kappa shape index (κ1) is 14.0. The third-order valence-electron chi connectivity index (χ3n) is 2.63. The second-order valence-corrected chi connectivity index (χ2v) is 3.95. The summed E-state index contributed by atoms with van der Waals surface area (Å²) >= 11 is 0. The molecule has 0 aliphatic carbocycles. The quantitative estimate of drug-likeness (QED) is 0.749. The van der Waals surface area contributed by atoms with Gasteiger partial charge in [-0.1, -0.05) is 26.0 Å². The number of aryl methyl sites for hydroxylation is 1. The van der Waals surface area contributed by atoms with E-state index in [0.717, 1.165) is 6.42 Å². The van der Waals surface area contributed by atoms with E-state index in [1.54, 1.807) is 19.1 Å². The van der Waals surface area contributed by atoms with E-state index >= 15 is 0 Å². The first-order chi connectivity index (χ1) is 8.56. The van der Waals surface area contributed by atoms with Crippen LogP contribution in [0.2, 0.25) is 0 Å². The molecule has 0 saturated heterocycles. The highest BCUT2D eigenvalue weighted by molar-refractivity contribution is 5.92. The van der Waals surface area contributed by atoms with Gasteiger partial charge in [0.05, 0.1) is 0 Å². The van der Waals surface area contributed by atoms with Crippen LogP contribution in [-0.2, 0) is 11.2 Å². The Morgan fingerprint density at radius 1 is 1.22 bits per heavy atom. The molecule has 0 aliphatic rings. The molecule has 0 fully saturated rings. The first-order valence-corrected chi connectivity index (χ1v) is 5.96. The summed E-state index contributed by atoms with van der Waals surface area (Å²) in [5.41, 5.74) is 1.82. The third kappa shape index (κ3) is 4.08. The monoisotopic (exact) mass is 250 g/mol. The molecule has 0 spiro atoms. The molecule has 1 rings (SSSR count). The van der Waals surface area contributed by atoms with Crippen LogP contribution < -0.4 is 10.6 Å². The van der Waals surface area contributed by atoms with E-state index in [2.05, 4.69) is 10.6 Å². The molecule has 18 heavy (non-hydrogen) atoms. The zero-order valence-electron chi connectivity index (χ0n) is 10.6. The molecule has 5 nitrogen and oxygen atoms in total. The molecule has 0 saturated carbocycles. The Morgan fingerprint density at radius 2 is 1.83 bits per heavy atom. The Hall–Kier alpha value is -2.04. The predicted molar refractivity (Wildman–Crippen MR) is 69.7 cm³/mol. The number of carbonyl (C=O) groups is 2. The van der Waals surface area contributed by atoms with Gasteiger partial charge in [0, 0.05) is 5.69 Å². The van der Waals surface area contributed by atoms with Crippen molar-refractivity contribution in [3.63, 3.8) is 0 Å². The van der Waals surface area contributed by atoms with Gasteiger partial charge in [0.15, 0.2) is 0 Å². The standard InChI is InChI=1S/C13H18N2O3/c1-3-9-5-7-10(8-6-9)14-13(18)15-11(4-2)12(16)17/h5-8,11H,3-4H2,1-2H3,(H,16,17)(H2,14,15,18)/t11-/m1/s1. The van der Waals surface area contributed by atoms with Gasteiger partial charge in [0.25, 0.3) is 0 Å². The molecule has 1 aromatic rings. The van der Waals surface area contributed by atoms with Crippen molar-refractivity contribution in [2.24, 2.45) is 0 Å². The summed E-state index contributed by atoms with van der Waals surface area (Å²) in [6.45, 7) is 3.75. The maximum absolute atomic E-state index is 11.6. The van der Waals surface area contributed by atoms with E-state index in [1.807, 2.05) is 19.1 Å². The Morgan fingerprint density at radius 3 is 2.28 bits per heavy atom. The van der Waals surface area contributed by atoms with E-state index in [1.165, 1.54) is 5.56 Å². The number of carboxylic acid groups (broad SMARTS) is 1. The normalized spacial score (nSPS) is 11.7. The number of nitrogens with one attached hydrogen (secondary N) is 2. The van der Waals surface area contributed by atoms with Crippen molar-refractivity contribution in [2.75, 3.05) is 5.32 Å². The Balaban J connectivity index is 2.55. The van der Waals surface area contributed by atoms with Gasteiger partial charge in [-0.15, -0.1) is 0 Å². The maximum atomic E-state index is 11.6. The van der Waals surface area contributed by atoms with Crippen molar-refractivity contribution in [3.8, 4) is 0 Å². The molecule has 0 radical (unpaired) electrons. The van der Waals surface area contributed by atoms with Crippen LogP contribution in [0.15, 0.2) is 24.3 Å². The highest BCUT2D eigenvalue weighted by Gasteiger charge is 2.17. The van der Waals surface area contributed by atoms with E-state index in [-0.39, 0.29) is 0 Å². The van der Waals surface area contributed by atoms with Crippen LogP contribution in [0.5, 0.6) is 0 Å². The summed E-state index contributed by atoms with van der Waals surface area (Å²) in [4.78, 5) is 22.3. The van der Waals surface area contributed by atoms with Gasteiger partial charge in [0.2, 0.25) is 0 Å². The van der Waals surface area contributed by atoms with Crippen molar-refractivity contribution in [3.05, 3.63) is 29.8 Å². The number of rotatable bonds is 5. The highest BCUT2D eigenvalue weighted by atomic mass is 16.4. The summed E-state index contributed by atoms with van der Waals surface area (Å²) in [6.07, 6.45) is 1.28. The largest absolute Gasteiger partial charge is 0.480 e. The summed E-state index contributed by atoms with van der Waals surface area (Å²) < 4.78 is 0. The van der Waals surface area contributed by atoms with Gasteiger partial charge >= 0.3 is 12.0 Å². The van der Waals surface area contributed by atoms with Gasteiger partial charge in [0.1, 0.15) is 6.04 Å². The fraction of sp³-hybridized carbons (Fsp3) is 0.385. The van der Waals surface area contributed by atoms with Gasteiger partial charge < -0.3 is 15.7 Å². The van der Waals surface area contributed by atoms with Crippen LogP contribution >= 0.6 is 0 Å². The third-order valence-corrected chi connectivity index (χ3v) is 2.63. The maximum Gasteiger partial charge on any atom is 0.326 e. The summed E-state index contributed by atoms with van der Waals surface area (Å²) in [5.74, 6) is -1.03. The fourth-order valence-corrected chi connectivity index (χ4v) is 1.49. The number of amides is 2. The topological polar surface area (TPSA) is 78.4 Å². The number of carbonyl (C=O) groups excluding carboxylic acids is 1. The molecular weight excluding hydrogens is 232 g/mol. The van der Waals surface area contributed by atoms with E-state index in [4.69, 9.17) is 5.11 Å². The first-order valence-electron chi connectivity index (χ1n) is 5.96. The molecule has 5 heteroatoms. The summed E-state index contributed by atoms with van der Waals surface area (Å²) in [5, 5.41) is 13.8. The van der Waals surface area contributed by atoms with Gasteiger partial charge in [-0.3, -0.25) is 0 Å². The minimum absolute atomic E-state index is 0.345. The van der Waals surface area contributed by atoms with E-state index in [0.29, 0.717) is 12.1 Å². The van der Waals surface area contributed by atoms with Crippen molar-refractivity contribution in [1.29, 1.82) is 0 Å². The zero-order chi connectivity index (χ0) is 13.5. The van der Waals surface area contributed by atoms with Gasteiger partial charge in [-0.2, -0.15) is 0 Å². The molecule has 1 aromatic carbocycles. The molecule has 3 N–H and O–H groups in total. The van der Waals surface area contributed by atoms with Crippen LogP contribution in [0, 0.1) is 0 Å². The molecule has 2 amide bonds. The number of aliphatic carboxylic acids is 1. The highest BCUT2D eigenvalue weighted by Crippen LogP contribution is 2.09. The molecule has 98 valence electrons. The predicted octanol–water partition coefficient (Wildman–Crippen LogP) is 2.23. The average Bonchev–Trinajstić information content (AvgIpc) is 2.36. The number of hydrogen-bond donors (Lipinski definition) is 3. The Kier molecular flexibility index (Phi) is 5.17. The number of anilines is 1. The Bertz CT molecular complexity index is 415. The lowest BCUT2D eigenvalue weighted by atomic mass is 10.1. The minimum atomic E-state index is -1.03. The summed E-state index contributed by atoms with van der Waals surface area (Å²) in [7, 11) is 0. The van der Waals surface area contributed by atoms with Crippen LogP contribution in [-0.4, -0.2) is 23.1 Å². The number of hydrogen-bond acceptors (Lipinski definition) is 2. The van der Waals surface area contributed by atoms with Crippen LogP contribution in [0.4, 0.5) is 10.5 Å². The Labute approximate surface area is 106 Å². The minimum Gasteiger partial charge on any atom is -0.480 e. The zero-order valence-corrected chi connectivity index (χ0v) is 10.6. The lowest BCUT2D eigenvalue weighted by molar-refractivity contribution is -0.139. The summed E-state index contributed by atoms with van der Waals surface area (Å²) in [6, 6.07) is 6.06. The lowest BCUT2D eigenvalue weighted by Crippen LogP contribution is -2.42.